The van der Waals surface area contributed by atoms with Gasteiger partial charge in [0.15, 0.2) is 0 Å². The fraction of sp³-hybridized carbons (Fsp3) is 0.231. The van der Waals surface area contributed by atoms with Crippen LogP contribution in [0, 0.1) is 18.3 Å². The van der Waals surface area contributed by atoms with E-state index in [1.54, 1.807) is 18.3 Å². The molecular formula is C13H12ClN3O. The van der Waals surface area contributed by atoms with Crippen LogP contribution in [-0.2, 0) is 13.1 Å². The Balaban J connectivity index is 1.92. The Morgan fingerprint density at radius 3 is 2.89 bits per heavy atom. The number of nitriles is 1. The first kappa shape index (κ1) is 12.6. The van der Waals surface area contributed by atoms with Gasteiger partial charge in [-0.2, -0.15) is 5.26 Å². The molecule has 0 saturated carbocycles. The zero-order chi connectivity index (χ0) is 13.0. The van der Waals surface area contributed by atoms with E-state index in [0.29, 0.717) is 29.6 Å². The third kappa shape index (κ3) is 3.10. The third-order valence-electron chi connectivity index (χ3n) is 2.44. The predicted octanol–water partition coefficient (Wildman–Crippen LogP) is 2.80. The molecule has 1 aromatic heterocycles. The summed E-state index contributed by atoms with van der Waals surface area (Å²) >= 11 is 6.06. The number of halogens is 1. The Hall–Kier alpha value is -1.83. The molecule has 0 spiro atoms. The molecule has 0 unspecified atom stereocenters. The smallest absolute Gasteiger partial charge is 0.208 e. The SMILES string of the molecule is Cc1cnc(CNCc2ccc(C#N)cc2Cl)o1. The number of nitrogens with one attached hydrogen (secondary N) is 1. The van der Waals surface area contributed by atoms with E-state index in [2.05, 4.69) is 10.3 Å². The Morgan fingerprint density at radius 2 is 2.28 bits per heavy atom. The van der Waals surface area contributed by atoms with Crippen LogP contribution >= 0.6 is 11.6 Å². The fourth-order valence-corrected chi connectivity index (χ4v) is 1.79. The Kier molecular flexibility index (Phi) is 3.98. The number of hydrogen-bond donors (Lipinski definition) is 1. The van der Waals surface area contributed by atoms with Gasteiger partial charge >= 0.3 is 0 Å². The highest BCUT2D eigenvalue weighted by molar-refractivity contribution is 6.31. The van der Waals surface area contributed by atoms with Crippen LogP contribution in [0.4, 0.5) is 0 Å². The van der Waals surface area contributed by atoms with E-state index in [-0.39, 0.29) is 0 Å². The zero-order valence-electron chi connectivity index (χ0n) is 9.90. The maximum atomic E-state index is 8.74. The van der Waals surface area contributed by atoms with Crippen molar-refractivity contribution < 1.29 is 4.42 Å². The van der Waals surface area contributed by atoms with E-state index in [1.807, 2.05) is 19.1 Å². The van der Waals surface area contributed by atoms with Gasteiger partial charge in [-0.1, -0.05) is 17.7 Å². The van der Waals surface area contributed by atoms with Gasteiger partial charge in [0, 0.05) is 11.6 Å². The number of rotatable bonds is 4. The van der Waals surface area contributed by atoms with Crippen molar-refractivity contribution >= 4 is 11.6 Å². The molecule has 1 N–H and O–H groups in total. The lowest BCUT2D eigenvalue weighted by Gasteiger charge is -2.05. The van der Waals surface area contributed by atoms with Crippen LogP contribution < -0.4 is 5.32 Å². The van der Waals surface area contributed by atoms with Crippen LogP contribution in [0.5, 0.6) is 0 Å². The van der Waals surface area contributed by atoms with Gasteiger partial charge in [0.05, 0.1) is 24.4 Å². The van der Waals surface area contributed by atoms with E-state index in [1.165, 1.54) is 0 Å². The first-order valence-electron chi connectivity index (χ1n) is 5.49. The van der Waals surface area contributed by atoms with Crippen LogP contribution in [-0.4, -0.2) is 4.98 Å². The number of benzene rings is 1. The Morgan fingerprint density at radius 1 is 1.44 bits per heavy atom. The summed E-state index contributed by atoms with van der Waals surface area (Å²) in [6.07, 6.45) is 1.69. The topological polar surface area (TPSA) is 61.9 Å². The Bertz CT molecular complexity index is 586. The van der Waals surface area contributed by atoms with Gasteiger partial charge in [0.2, 0.25) is 5.89 Å². The van der Waals surface area contributed by atoms with Crippen molar-refractivity contribution in [1.82, 2.24) is 10.3 Å². The molecule has 0 bridgehead atoms. The van der Waals surface area contributed by atoms with Crippen molar-refractivity contribution in [2.75, 3.05) is 0 Å². The van der Waals surface area contributed by atoms with Crippen molar-refractivity contribution in [3.63, 3.8) is 0 Å². The third-order valence-corrected chi connectivity index (χ3v) is 2.79. The van der Waals surface area contributed by atoms with Gasteiger partial charge < -0.3 is 9.73 Å². The van der Waals surface area contributed by atoms with Crippen molar-refractivity contribution in [3.8, 4) is 6.07 Å². The second-order valence-corrected chi connectivity index (χ2v) is 4.29. The van der Waals surface area contributed by atoms with Crippen molar-refractivity contribution in [2.45, 2.75) is 20.0 Å². The standard InChI is InChI=1S/C13H12ClN3O/c1-9-6-17-13(18-9)8-16-7-11-3-2-10(5-15)4-12(11)14/h2-4,6,16H,7-8H2,1H3. The summed E-state index contributed by atoms with van der Waals surface area (Å²) in [6, 6.07) is 7.30. The molecule has 4 nitrogen and oxygen atoms in total. The van der Waals surface area contributed by atoms with E-state index in [0.717, 1.165) is 11.3 Å². The fourth-order valence-electron chi connectivity index (χ4n) is 1.55. The van der Waals surface area contributed by atoms with E-state index < -0.39 is 0 Å². The maximum Gasteiger partial charge on any atom is 0.208 e. The highest BCUT2D eigenvalue weighted by Gasteiger charge is 2.03. The average molecular weight is 262 g/mol. The molecule has 2 aromatic rings. The summed E-state index contributed by atoms with van der Waals surface area (Å²) in [6.45, 7) is 3.00. The van der Waals surface area contributed by atoms with Gasteiger partial charge in [0.1, 0.15) is 5.76 Å². The van der Waals surface area contributed by atoms with Crippen molar-refractivity contribution in [1.29, 1.82) is 5.26 Å². The largest absolute Gasteiger partial charge is 0.445 e. The summed E-state index contributed by atoms with van der Waals surface area (Å²) in [7, 11) is 0. The number of aryl methyl sites for hydroxylation is 1. The van der Waals surface area contributed by atoms with Crippen LogP contribution in [0.15, 0.2) is 28.8 Å². The Labute approximate surface area is 110 Å². The minimum atomic E-state index is 0.546. The second-order valence-electron chi connectivity index (χ2n) is 3.89. The summed E-state index contributed by atoms with van der Waals surface area (Å²) in [5, 5.41) is 12.5. The minimum Gasteiger partial charge on any atom is -0.445 e. The van der Waals surface area contributed by atoms with Crippen molar-refractivity contribution in [2.24, 2.45) is 0 Å². The van der Waals surface area contributed by atoms with E-state index in [4.69, 9.17) is 21.3 Å². The molecule has 0 saturated heterocycles. The molecule has 0 aliphatic rings. The molecule has 0 fully saturated rings. The predicted molar refractivity (Wildman–Crippen MR) is 68.0 cm³/mol. The van der Waals surface area contributed by atoms with Crippen LogP contribution in [0.2, 0.25) is 5.02 Å². The van der Waals surface area contributed by atoms with Crippen molar-refractivity contribution in [3.05, 3.63) is 52.2 Å². The number of aromatic nitrogens is 1. The number of hydrogen-bond acceptors (Lipinski definition) is 4. The van der Waals surface area contributed by atoms with Gasteiger partial charge in [-0.15, -0.1) is 0 Å². The lowest BCUT2D eigenvalue weighted by atomic mass is 10.1. The maximum absolute atomic E-state index is 8.74. The molecule has 1 heterocycles. The van der Waals surface area contributed by atoms with Crippen LogP contribution in [0.25, 0.3) is 0 Å². The monoisotopic (exact) mass is 261 g/mol. The molecule has 0 aliphatic carbocycles. The molecular weight excluding hydrogens is 250 g/mol. The molecule has 18 heavy (non-hydrogen) atoms. The lowest BCUT2D eigenvalue weighted by molar-refractivity contribution is 0.449. The molecule has 0 amide bonds. The van der Waals surface area contributed by atoms with Crippen LogP contribution in [0.3, 0.4) is 0 Å². The summed E-state index contributed by atoms with van der Waals surface area (Å²) in [4.78, 5) is 4.09. The van der Waals surface area contributed by atoms with Gasteiger partial charge in [-0.05, 0) is 24.6 Å². The van der Waals surface area contributed by atoms with Gasteiger partial charge in [-0.3, -0.25) is 0 Å². The average Bonchev–Trinajstić information content (AvgIpc) is 2.77. The van der Waals surface area contributed by atoms with E-state index >= 15 is 0 Å². The molecule has 0 radical (unpaired) electrons. The normalized spacial score (nSPS) is 10.3. The first-order valence-corrected chi connectivity index (χ1v) is 5.87. The van der Waals surface area contributed by atoms with Crippen LogP contribution in [0.1, 0.15) is 22.8 Å². The minimum absolute atomic E-state index is 0.546. The second kappa shape index (κ2) is 5.67. The molecule has 2 rings (SSSR count). The van der Waals surface area contributed by atoms with E-state index in [9.17, 15) is 0 Å². The number of oxazole rings is 1. The quantitative estimate of drug-likeness (QED) is 0.919. The zero-order valence-corrected chi connectivity index (χ0v) is 10.7. The molecule has 92 valence electrons. The lowest BCUT2D eigenvalue weighted by Crippen LogP contribution is -2.13. The number of nitrogens with zero attached hydrogens (tertiary/aromatic N) is 2. The highest BCUT2D eigenvalue weighted by Crippen LogP contribution is 2.17. The summed E-state index contributed by atoms with van der Waals surface area (Å²) < 4.78 is 5.34. The summed E-state index contributed by atoms with van der Waals surface area (Å²) in [5.74, 6) is 1.44. The first-order chi connectivity index (χ1) is 8.69. The molecule has 5 heteroatoms. The highest BCUT2D eigenvalue weighted by atomic mass is 35.5. The molecule has 0 aliphatic heterocycles. The van der Waals surface area contributed by atoms with Gasteiger partial charge in [0.25, 0.3) is 0 Å². The molecule has 0 atom stereocenters. The summed E-state index contributed by atoms with van der Waals surface area (Å²) in [5.41, 5.74) is 1.51. The van der Waals surface area contributed by atoms with Gasteiger partial charge in [-0.25, -0.2) is 4.98 Å². The molecule has 1 aromatic carbocycles.